The molecule has 2 aromatic heterocycles. The van der Waals surface area contributed by atoms with Gasteiger partial charge in [-0.25, -0.2) is 18.1 Å². The van der Waals surface area contributed by atoms with Gasteiger partial charge in [-0.15, -0.1) is 0 Å². The number of hydrogen-bond donors (Lipinski definition) is 2. The van der Waals surface area contributed by atoms with E-state index in [0.29, 0.717) is 22.5 Å². The van der Waals surface area contributed by atoms with E-state index in [0.717, 1.165) is 0 Å². The Labute approximate surface area is 132 Å². The van der Waals surface area contributed by atoms with Gasteiger partial charge in [0.25, 0.3) is 0 Å². The highest BCUT2D eigenvalue weighted by Crippen LogP contribution is 2.22. The molecule has 0 bridgehead atoms. The summed E-state index contributed by atoms with van der Waals surface area (Å²) in [6.07, 6.45) is 3.17. The molecule has 0 amide bonds. The molecule has 2 N–H and O–H groups in total. The van der Waals surface area contributed by atoms with Crippen LogP contribution < -0.4 is 10.0 Å². The molecule has 0 aliphatic rings. The maximum Gasteiger partial charge on any atom is 0.244 e. The van der Waals surface area contributed by atoms with Crippen LogP contribution in [0.4, 0.5) is 5.82 Å². The predicted octanol–water partition coefficient (Wildman–Crippen LogP) is 2.15. The van der Waals surface area contributed by atoms with Crippen molar-refractivity contribution in [2.24, 2.45) is 0 Å². The van der Waals surface area contributed by atoms with Crippen LogP contribution in [0, 0.1) is 0 Å². The Morgan fingerprint density at radius 2 is 2.10 bits per heavy atom. The van der Waals surface area contributed by atoms with E-state index in [9.17, 15) is 8.42 Å². The van der Waals surface area contributed by atoms with E-state index in [1.54, 1.807) is 30.6 Å². The van der Waals surface area contributed by atoms with Gasteiger partial charge in [0.05, 0.1) is 12.2 Å². The van der Waals surface area contributed by atoms with Gasteiger partial charge in [0.1, 0.15) is 10.7 Å². The fraction of sp³-hybridized carbons (Fsp3) is 0.231. The number of halogens is 1. The van der Waals surface area contributed by atoms with Gasteiger partial charge >= 0.3 is 0 Å². The average Bonchev–Trinajstić information content (AvgIpc) is 2.48. The molecule has 2 heterocycles. The molecule has 0 radical (unpaired) electrons. The second kappa shape index (κ2) is 6.97. The highest BCUT2D eigenvalue weighted by Gasteiger charge is 2.20. The van der Waals surface area contributed by atoms with E-state index in [4.69, 9.17) is 0 Å². The van der Waals surface area contributed by atoms with E-state index in [1.807, 2.05) is 6.92 Å². The van der Waals surface area contributed by atoms with Crippen LogP contribution in [0.15, 0.2) is 46.0 Å². The Morgan fingerprint density at radius 3 is 2.76 bits per heavy atom. The van der Waals surface area contributed by atoms with Gasteiger partial charge in [-0.05, 0) is 41.1 Å². The van der Waals surface area contributed by atoms with E-state index >= 15 is 0 Å². The second-order valence-corrected chi connectivity index (χ2v) is 6.83. The maximum absolute atomic E-state index is 12.4. The average molecular weight is 371 g/mol. The topological polar surface area (TPSA) is 84.0 Å². The van der Waals surface area contributed by atoms with E-state index < -0.39 is 10.0 Å². The van der Waals surface area contributed by atoms with Crippen LogP contribution in [-0.4, -0.2) is 24.9 Å². The predicted molar refractivity (Wildman–Crippen MR) is 84.4 cm³/mol. The van der Waals surface area contributed by atoms with E-state index in [-0.39, 0.29) is 11.4 Å². The quantitative estimate of drug-likeness (QED) is 0.813. The zero-order valence-corrected chi connectivity index (χ0v) is 13.8. The van der Waals surface area contributed by atoms with Crippen LogP contribution in [0.2, 0.25) is 0 Å². The summed E-state index contributed by atoms with van der Waals surface area (Å²) >= 11 is 3.24. The minimum Gasteiger partial charge on any atom is -0.369 e. The molecule has 0 unspecified atom stereocenters. The molecule has 6 nitrogen and oxygen atoms in total. The van der Waals surface area contributed by atoms with Crippen molar-refractivity contribution in [3.8, 4) is 0 Å². The lowest BCUT2D eigenvalue weighted by molar-refractivity contribution is 0.580. The summed E-state index contributed by atoms with van der Waals surface area (Å²) in [4.78, 5) is 8.29. The van der Waals surface area contributed by atoms with Crippen molar-refractivity contribution in [3.05, 3.63) is 46.8 Å². The van der Waals surface area contributed by atoms with Crippen LogP contribution in [0.3, 0.4) is 0 Å². The first-order valence-corrected chi connectivity index (χ1v) is 8.59. The SMILES string of the molecule is CCNc1ncc(Br)cc1S(=O)(=O)NCc1ccccn1. The fourth-order valence-electron chi connectivity index (χ4n) is 1.68. The number of pyridine rings is 2. The Bertz CT molecular complexity index is 707. The monoisotopic (exact) mass is 370 g/mol. The number of nitrogens with zero attached hydrogens (tertiary/aromatic N) is 2. The summed E-state index contributed by atoms with van der Waals surface area (Å²) < 4.78 is 28.0. The lowest BCUT2D eigenvalue weighted by Crippen LogP contribution is -2.25. The van der Waals surface area contributed by atoms with Crippen LogP contribution in [0.25, 0.3) is 0 Å². The van der Waals surface area contributed by atoms with Crippen molar-refractivity contribution in [1.82, 2.24) is 14.7 Å². The third-order valence-electron chi connectivity index (χ3n) is 2.62. The van der Waals surface area contributed by atoms with Crippen LogP contribution in [-0.2, 0) is 16.6 Å². The molecule has 0 aliphatic carbocycles. The number of rotatable bonds is 6. The molecule has 0 aromatic carbocycles. The largest absolute Gasteiger partial charge is 0.369 e. The zero-order chi connectivity index (χ0) is 15.3. The van der Waals surface area contributed by atoms with Crippen LogP contribution in [0.5, 0.6) is 0 Å². The molecule has 0 fully saturated rings. The molecular weight excluding hydrogens is 356 g/mol. The highest BCUT2D eigenvalue weighted by molar-refractivity contribution is 9.10. The summed E-state index contributed by atoms with van der Waals surface area (Å²) in [5.74, 6) is 0.328. The summed E-state index contributed by atoms with van der Waals surface area (Å²) in [5.41, 5.74) is 0.647. The van der Waals surface area contributed by atoms with Gasteiger partial charge < -0.3 is 5.32 Å². The molecule has 2 rings (SSSR count). The molecule has 0 saturated carbocycles. The zero-order valence-electron chi connectivity index (χ0n) is 11.4. The molecule has 112 valence electrons. The van der Waals surface area contributed by atoms with E-state index in [2.05, 4.69) is 35.9 Å². The molecule has 21 heavy (non-hydrogen) atoms. The first kappa shape index (κ1) is 15.9. The smallest absolute Gasteiger partial charge is 0.244 e. The molecule has 0 atom stereocenters. The van der Waals surface area contributed by atoms with E-state index in [1.165, 1.54) is 6.07 Å². The van der Waals surface area contributed by atoms with Crippen molar-refractivity contribution < 1.29 is 8.42 Å². The van der Waals surface area contributed by atoms with Crippen molar-refractivity contribution in [2.45, 2.75) is 18.4 Å². The number of aromatic nitrogens is 2. The summed E-state index contributed by atoms with van der Waals surface area (Å²) in [6.45, 7) is 2.58. The second-order valence-electron chi connectivity index (χ2n) is 4.18. The number of anilines is 1. The Balaban J connectivity index is 2.24. The standard InChI is InChI=1S/C13H15BrN4O2S/c1-2-15-13-12(7-10(14)8-17-13)21(19,20)18-9-11-5-3-4-6-16-11/h3-8,18H,2,9H2,1H3,(H,15,17). The fourth-order valence-corrected chi connectivity index (χ4v) is 3.31. The Kier molecular flexibility index (Phi) is 5.27. The highest BCUT2D eigenvalue weighted by atomic mass is 79.9. The Morgan fingerprint density at radius 1 is 1.29 bits per heavy atom. The lowest BCUT2D eigenvalue weighted by atomic mass is 10.4. The molecule has 8 heteroatoms. The van der Waals surface area contributed by atoms with Crippen molar-refractivity contribution >= 4 is 31.8 Å². The summed E-state index contributed by atoms with van der Waals surface area (Å²) in [5, 5.41) is 2.94. The van der Waals surface area contributed by atoms with Crippen LogP contribution in [0.1, 0.15) is 12.6 Å². The minimum absolute atomic E-state index is 0.106. The third-order valence-corrected chi connectivity index (χ3v) is 4.47. The summed E-state index contributed by atoms with van der Waals surface area (Å²) in [6, 6.07) is 6.86. The molecule has 0 saturated heterocycles. The summed E-state index contributed by atoms with van der Waals surface area (Å²) in [7, 11) is -3.68. The van der Waals surface area contributed by atoms with Crippen molar-refractivity contribution in [1.29, 1.82) is 0 Å². The lowest BCUT2D eigenvalue weighted by Gasteiger charge is -2.11. The number of sulfonamides is 1. The molecular formula is C13H15BrN4O2S. The third kappa shape index (κ3) is 4.23. The minimum atomic E-state index is -3.68. The molecule has 2 aromatic rings. The maximum atomic E-state index is 12.4. The Hall–Kier alpha value is -1.51. The van der Waals surface area contributed by atoms with Gasteiger partial charge in [-0.2, -0.15) is 0 Å². The normalized spacial score (nSPS) is 11.3. The van der Waals surface area contributed by atoms with Gasteiger partial charge in [-0.3, -0.25) is 4.98 Å². The van der Waals surface area contributed by atoms with Gasteiger partial charge in [0.2, 0.25) is 10.0 Å². The first-order valence-electron chi connectivity index (χ1n) is 6.32. The molecule has 0 aliphatic heterocycles. The van der Waals surface area contributed by atoms with Gasteiger partial charge in [0, 0.05) is 23.4 Å². The van der Waals surface area contributed by atoms with Crippen molar-refractivity contribution in [2.75, 3.05) is 11.9 Å². The molecule has 0 spiro atoms. The first-order chi connectivity index (χ1) is 10.0. The number of nitrogens with one attached hydrogen (secondary N) is 2. The number of hydrogen-bond acceptors (Lipinski definition) is 5. The van der Waals surface area contributed by atoms with Crippen molar-refractivity contribution in [3.63, 3.8) is 0 Å². The van der Waals surface area contributed by atoms with Gasteiger partial charge in [0.15, 0.2) is 0 Å². The van der Waals surface area contributed by atoms with Gasteiger partial charge in [-0.1, -0.05) is 6.07 Å². The van der Waals surface area contributed by atoms with Crippen LogP contribution >= 0.6 is 15.9 Å².